The maximum Gasteiger partial charge on any atom is 0.252 e. The van der Waals surface area contributed by atoms with Crippen molar-refractivity contribution in [1.29, 1.82) is 0 Å². The van der Waals surface area contributed by atoms with Crippen LogP contribution in [0.15, 0.2) is 47.3 Å². The van der Waals surface area contributed by atoms with Crippen LogP contribution >= 0.6 is 0 Å². The monoisotopic (exact) mass is 559 g/mol. The third-order valence-corrected chi connectivity index (χ3v) is 8.49. The molecule has 0 spiro atoms. The van der Waals surface area contributed by atoms with Crippen LogP contribution in [0.1, 0.15) is 66.1 Å². The number of hydrogen-bond acceptors (Lipinski definition) is 6. The lowest BCUT2D eigenvalue weighted by Crippen LogP contribution is -2.43. The molecule has 7 nitrogen and oxygen atoms in total. The number of nitrogens with zero attached hydrogens (tertiary/aromatic N) is 2. The number of nitrogens with one attached hydrogen (secondary N) is 3. The van der Waals surface area contributed by atoms with Crippen LogP contribution in [0.25, 0.3) is 11.1 Å². The topological polar surface area (TPSA) is 83.6 Å². The second-order valence-corrected chi connectivity index (χ2v) is 12.2. The zero-order chi connectivity index (χ0) is 29.7. The molecule has 1 aliphatic rings. The fourth-order valence-corrected chi connectivity index (χ4v) is 6.23. The summed E-state index contributed by atoms with van der Waals surface area (Å²) in [6, 6.07) is 16.4. The fourth-order valence-electron chi connectivity index (χ4n) is 6.23. The SMILES string of the molecule is Cc1cc(C)c(CNCc2cc(-c3ccc(CN(C)C)cc3)cc(N(C)[C@H]3CC[C@@H](NC(C)O)CC3)c2C)c(=O)[nH]1. The van der Waals surface area contributed by atoms with Gasteiger partial charge in [0, 0.05) is 55.7 Å². The van der Waals surface area contributed by atoms with Gasteiger partial charge < -0.3 is 25.2 Å². The van der Waals surface area contributed by atoms with Crippen molar-refractivity contribution in [1.82, 2.24) is 20.5 Å². The molecule has 0 saturated heterocycles. The Morgan fingerprint density at radius 3 is 2.24 bits per heavy atom. The molecule has 2 aromatic carbocycles. The highest BCUT2D eigenvalue weighted by molar-refractivity contribution is 5.73. The van der Waals surface area contributed by atoms with Crippen molar-refractivity contribution in [3.05, 3.63) is 86.3 Å². The Hall–Kier alpha value is -2.97. The molecule has 1 atom stereocenters. The first kappa shape index (κ1) is 31.0. The number of aromatic amines is 1. The van der Waals surface area contributed by atoms with E-state index >= 15 is 0 Å². The van der Waals surface area contributed by atoms with E-state index in [1.54, 1.807) is 6.92 Å². The summed E-state index contributed by atoms with van der Waals surface area (Å²) in [5, 5.41) is 16.6. The minimum Gasteiger partial charge on any atom is -0.379 e. The molecular weight excluding hydrogens is 510 g/mol. The lowest BCUT2D eigenvalue weighted by molar-refractivity contribution is 0.128. The maximum absolute atomic E-state index is 12.6. The number of aliphatic hydroxyl groups excluding tert-OH is 1. The second-order valence-electron chi connectivity index (χ2n) is 12.2. The van der Waals surface area contributed by atoms with Gasteiger partial charge >= 0.3 is 0 Å². The molecule has 4 N–H and O–H groups in total. The van der Waals surface area contributed by atoms with E-state index in [0.717, 1.165) is 49.0 Å². The van der Waals surface area contributed by atoms with Crippen molar-refractivity contribution in [2.45, 2.75) is 91.3 Å². The fraction of sp³-hybridized carbons (Fsp3) is 0.500. The Labute approximate surface area is 246 Å². The number of pyridine rings is 1. The van der Waals surface area contributed by atoms with Crippen LogP contribution in [0.5, 0.6) is 0 Å². The Morgan fingerprint density at radius 1 is 0.951 bits per heavy atom. The van der Waals surface area contributed by atoms with Crippen LogP contribution in [0.4, 0.5) is 5.69 Å². The van der Waals surface area contributed by atoms with Gasteiger partial charge in [-0.1, -0.05) is 24.3 Å². The molecule has 7 heteroatoms. The van der Waals surface area contributed by atoms with Crippen LogP contribution < -0.4 is 21.1 Å². The summed E-state index contributed by atoms with van der Waals surface area (Å²) in [6.45, 7) is 10.1. The first-order chi connectivity index (χ1) is 19.5. The van der Waals surface area contributed by atoms with Gasteiger partial charge in [-0.3, -0.25) is 10.1 Å². The van der Waals surface area contributed by atoms with E-state index in [1.165, 1.54) is 33.5 Å². The van der Waals surface area contributed by atoms with E-state index in [2.05, 4.69) is 89.9 Å². The summed E-state index contributed by atoms with van der Waals surface area (Å²) >= 11 is 0. The Balaban J connectivity index is 1.60. The molecule has 1 aromatic heterocycles. The van der Waals surface area contributed by atoms with Crippen molar-refractivity contribution in [2.24, 2.45) is 0 Å². The molecule has 1 aliphatic carbocycles. The quantitative estimate of drug-likeness (QED) is 0.248. The number of hydrogen-bond donors (Lipinski definition) is 4. The molecule has 41 heavy (non-hydrogen) atoms. The third kappa shape index (κ3) is 8.07. The lowest BCUT2D eigenvalue weighted by Gasteiger charge is -2.38. The van der Waals surface area contributed by atoms with Crippen molar-refractivity contribution >= 4 is 5.69 Å². The Morgan fingerprint density at radius 2 is 1.63 bits per heavy atom. The number of benzene rings is 2. The highest BCUT2D eigenvalue weighted by Gasteiger charge is 2.26. The smallest absolute Gasteiger partial charge is 0.252 e. The van der Waals surface area contributed by atoms with Crippen molar-refractivity contribution in [2.75, 3.05) is 26.0 Å². The lowest BCUT2D eigenvalue weighted by atomic mass is 9.89. The van der Waals surface area contributed by atoms with E-state index < -0.39 is 6.23 Å². The largest absolute Gasteiger partial charge is 0.379 e. The second kappa shape index (κ2) is 13.8. The number of aryl methyl sites for hydroxylation is 2. The summed E-state index contributed by atoms with van der Waals surface area (Å²) in [5.74, 6) is 0. The Bertz CT molecular complexity index is 1350. The van der Waals surface area contributed by atoms with Gasteiger partial charge in [0.2, 0.25) is 0 Å². The molecule has 0 aliphatic heterocycles. The van der Waals surface area contributed by atoms with Crippen LogP contribution in [0, 0.1) is 20.8 Å². The first-order valence-corrected chi connectivity index (χ1v) is 15.0. The molecule has 0 amide bonds. The van der Waals surface area contributed by atoms with Crippen LogP contribution in [0.2, 0.25) is 0 Å². The number of aromatic nitrogens is 1. The number of rotatable bonds is 11. The van der Waals surface area contributed by atoms with Gasteiger partial charge in [0.1, 0.15) is 6.23 Å². The molecule has 1 unspecified atom stereocenters. The zero-order valence-electron chi connectivity index (χ0n) is 26.0. The molecule has 1 heterocycles. The summed E-state index contributed by atoms with van der Waals surface area (Å²) in [4.78, 5) is 20.2. The van der Waals surface area contributed by atoms with Gasteiger partial charge in [-0.05, 0) is 119 Å². The third-order valence-electron chi connectivity index (χ3n) is 8.49. The van der Waals surface area contributed by atoms with Crippen LogP contribution in [-0.2, 0) is 19.6 Å². The molecule has 3 aromatic rings. The average molecular weight is 560 g/mol. The standard InChI is InChI=1S/C34H49N5O2/c1-22-16-23(2)36-34(41)32(22)20-35-19-29-17-28(27-10-8-26(9-11-27)21-38(5)6)18-33(24(29)3)39(7)31-14-12-30(13-15-31)37-25(4)40/h8-11,16-18,25,30-31,35,37,40H,12-15,19-21H2,1-7H3,(H,36,41)/t25?,30-,31+. The molecule has 1 saturated carbocycles. The van der Waals surface area contributed by atoms with E-state index in [1.807, 2.05) is 19.9 Å². The minimum atomic E-state index is -0.466. The Kier molecular flexibility index (Phi) is 10.4. The molecule has 4 rings (SSSR count). The first-order valence-electron chi connectivity index (χ1n) is 15.0. The molecule has 222 valence electrons. The molecular formula is C34H49N5O2. The normalized spacial score (nSPS) is 18.1. The van der Waals surface area contributed by atoms with Crippen molar-refractivity contribution in [3.8, 4) is 11.1 Å². The van der Waals surface area contributed by atoms with E-state index in [-0.39, 0.29) is 5.56 Å². The van der Waals surface area contributed by atoms with Gasteiger partial charge in [-0.2, -0.15) is 0 Å². The van der Waals surface area contributed by atoms with Crippen LogP contribution in [0.3, 0.4) is 0 Å². The summed E-state index contributed by atoms with van der Waals surface area (Å²) in [7, 11) is 6.41. The summed E-state index contributed by atoms with van der Waals surface area (Å²) in [5.41, 5.74) is 10.2. The maximum atomic E-state index is 12.6. The van der Waals surface area contributed by atoms with Gasteiger partial charge in [-0.25, -0.2) is 0 Å². The van der Waals surface area contributed by atoms with Crippen LogP contribution in [-0.4, -0.2) is 54.4 Å². The average Bonchev–Trinajstić information content (AvgIpc) is 2.91. The van der Waals surface area contributed by atoms with Gasteiger partial charge in [0.05, 0.1) is 0 Å². The highest BCUT2D eigenvalue weighted by atomic mass is 16.3. The molecule has 0 radical (unpaired) electrons. The van der Waals surface area contributed by atoms with Gasteiger partial charge in [0.25, 0.3) is 5.56 Å². The van der Waals surface area contributed by atoms with Crippen molar-refractivity contribution in [3.63, 3.8) is 0 Å². The van der Waals surface area contributed by atoms with Gasteiger partial charge in [-0.15, -0.1) is 0 Å². The number of aliphatic hydroxyl groups is 1. The van der Waals surface area contributed by atoms with E-state index in [0.29, 0.717) is 25.2 Å². The van der Waals surface area contributed by atoms with E-state index in [4.69, 9.17) is 0 Å². The number of anilines is 1. The predicted octanol–water partition coefficient (Wildman–Crippen LogP) is 4.99. The minimum absolute atomic E-state index is 0.0145. The zero-order valence-corrected chi connectivity index (χ0v) is 26.0. The number of H-pyrrole nitrogens is 1. The molecule has 1 fully saturated rings. The molecule has 0 bridgehead atoms. The summed E-state index contributed by atoms with van der Waals surface area (Å²) < 4.78 is 0. The summed E-state index contributed by atoms with van der Waals surface area (Å²) in [6.07, 6.45) is 3.83. The van der Waals surface area contributed by atoms with Gasteiger partial charge in [0.15, 0.2) is 0 Å². The highest BCUT2D eigenvalue weighted by Crippen LogP contribution is 2.34. The van der Waals surface area contributed by atoms with Crippen molar-refractivity contribution < 1.29 is 5.11 Å². The predicted molar refractivity (Wildman–Crippen MR) is 170 cm³/mol. The van der Waals surface area contributed by atoms with E-state index in [9.17, 15) is 9.90 Å².